The molecule has 364 valence electrons. The zero-order chi connectivity index (χ0) is 47.3. The Hall–Kier alpha value is -6.03. The number of fused-ring (bicyclic) bond motifs is 2. The molecule has 0 spiro atoms. The van der Waals surface area contributed by atoms with Gasteiger partial charge in [0.25, 0.3) is 0 Å². The first-order valence-electron chi connectivity index (χ1n) is 23.2. The van der Waals surface area contributed by atoms with Crippen LogP contribution in [0.5, 0.6) is 0 Å². The highest BCUT2D eigenvalue weighted by Crippen LogP contribution is 2.41. The van der Waals surface area contributed by atoms with Crippen LogP contribution in [-0.4, -0.2) is 152 Å². The van der Waals surface area contributed by atoms with E-state index in [2.05, 4.69) is 81.5 Å². The monoisotopic (exact) mass is 987 g/mol. The summed E-state index contributed by atoms with van der Waals surface area (Å²) in [6.07, 6.45) is 12.8. The van der Waals surface area contributed by atoms with Crippen LogP contribution in [0.15, 0.2) is 31.4 Å². The molecule has 7 heterocycles. The number of halogens is 2. The second-order valence-corrected chi connectivity index (χ2v) is 19.1. The Morgan fingerprint density at radius 1 is 0.536 bits per heavy atom. The highest BCUT2D eigenvalue weighted by molar-refractivity contribution is 6.29. The van der Waals surface area contributed by atoms with Gasteiger partial charge in [-0.05, 0) is 93.8 Å². The molecule has 4 aliphatic rings. The van der Waals surface area contributed by atoms with Gasteiger partial charge in [0, 0.05) is 24.2 Å². The highest BCUT2D eigenvalue weighted by atomic mass is 35.5. The average Bonchev–Trinajstić information content (AvgIpc) is 4.23. The Kier molecular flexibility index (Phi) is 12.5. The first-order chi connectivity index (χ1) is 33.6. The van der Waals surface area contributed by atoms with Crippen LogP contribution in [0.1, 0.15) is 106 Å². The normalized spacial score (nSPS) is 28.4. The van der Waals surface area contributed by atoms with E-state index < -0.39 is 30.4 Å². The number of rotatable bonds is 14. The quantitative estimate of drug-likeness (QED) is 0.0705. The number of aromatic nitrogens is 17. The van der Waals surface area contributed by atoms with Crippen LogP contribution in [0.4, 0.5) is 23.5 Å². The van der Waals surface area contributed by atoms with E-state index in [4.69, 9.17) is 28.2 Å². The maximum Gasteiger partial charge on any atom is 0.227 e. The molecule has 7 atom stereocenters. The van der Waals surface area contributed by atoms with Crippen molar-refractivity contribution >= 4 is 69.1 Å². The van der Waals surface area contributed by atoms with Gasteiger partial charge in [-0.3, -0.25) is 0 Å². The number of nitrogens with one attached hydrogen (secondary N) is 4. The number of imidazole rings is 2. The summed E-state index contributed by atoms with van der Waals surface area (Å²) in [6, 6.07) is -1.17. The molecule has 0 amide bonds. The second-order valence-electron chi connectivity index (χ2n) is 18.4. The third-order valence-electron chi connectivity index (χ3n) is 14.0. The summed E-state index contributed by atoms with van der Waals surface area (Å²) in [5.41, 5.74) is 2.88. The van der Waals surface area contributed by atoms with Gasteiger partial charge in [0.05, 0.1) is 62.5 Å². The average molecular weight is 989 g/mol. The molecule has 28 heteroatoms. The Balaban J connectivity index is 0.663. The Bertz CT molecular complexity index is 2920. The van der Waals surface area contributed by atoms with Gasteiger partial charge in [0.2, 0.25) is 22.5 Å². The molecule has 0 aromatic carbocycles. The molecule has 7 aromatic rings. The summed E-state index contributed by atoms with van der Waals surface area (Å²) in [5, 5.41) is 83.2. The smallest absolute Gasteiger partial charge is 0.227 e. The predicted octanol–water partition coefficient (Wildman–Crippen LogP) is 2.14. The molecule has 0 bridgehead atoms. The molecular formula is C41H51Cl2N21O5. The molecule has 0 aliphatic heterocycles. The van der Waals surface area contributed by atoms with Crippen LogP contribution in [0.25, 0.3) is 22.3 Å². The van der Waals surface area contributed by atoms with Crippen LogP contribution in [0.2, 0.25) is 10.6 Å². The zero-order valence-corrected chi connectivity index (χ0v) is 38.5. The number of anilines is 4. The number of aliphatic hydroxyl groups excluding tert-OH is 5. The molecule has 69 heavy (non-hydrogen) atoms. The molecule has 0 saturated heterocycles. The van der Waals surface area contributed by atoms with Crippen LogP contribution in [0, 0.1) is 0 Å². The molecule has 7 aromatic heterocycles. The topological polar surface area (TPSA) is 337 Å². The maximum atomic E-state index is 11.1. The minimum atomic E-state index is -1.16. The summed E-state index contributed by atoms with van der Waals surface area (Å²) in [4.78, 5) is 43.7. The molecule has 4 aliphatic carbocycles. The van der Waals surface area contributed by atoms with Gasteiger partial charge in [-0.25, -0.2) is 19.9 Å². The standard InChI is InChI=1S/C41H51Cl2N21O5/c42-38-54-34(30-36(56-38)61(17-46-30)26-9-25(10-29(26)67)63-48-12-23(14-65)59-63)50-19-1-5-21(6-2-19)52-40-44-16-45-41(58-40)53-22-7-3-20(4-8-22)51-35-31-37(57-39(43)55-35)62(18-47-31)27-11-28(33(69)32(27)68)64-49-13-24(15-66)60-64/h12-13,16-22,25-29,32-33,65-69H,1-11,14-15H2,(H,50,54,56)(H,51,55,57)(H2,44,45,52,53,58)/t19?,20?,21?,22?,25-,26+,27+,28-,29+,32-,33+/m0/s1. The summed E-state index contributed by atoms with van der Waals surface area (Å²) < 4.78 is 3.57. The van der Waals surface area contributed by atoms with Crippen molar-refractivity contribution < 1.29 is 25.5 Å². The molecule has 9 N–H and O–H groups in total. The third kappa shape index (κ3) is 9.16. The van der Waals surface area contributed by atoms with E-state index in [1.165, 1.54) is 23.5 Å². The molecule has 11 rings (SSSR count). The van der Waals surface area contributed by atoms with Gasteiger partial charge in [0.15, 0.2) is 34.0 Å². The maximum absolute atomic E-state index is 11.1. The SMILES string of the molecule is OCc1cnn([C@@H]2C[C@@H](O)[C@H](n3cnc4c(NC5CCC(Nc6ncnc(NC7CCC(Nc8nc(Cl)nc9c8ncn9[C@@H]8C[C@H](n9ncc(CO)n9)[C@@H](O)[C@H]8O)CC7)n6)CC5)nc(Cl)nc43)C2)n1. The summed E-state index contributed by atoms with van der Waals surface area (Å²) in [7, 11) is 0. The van der Waals surface area contributed by atoms with Crippen molar-refractivity contribution in [2.75, 3.05) is 21.3 Å². The molecular weight excluding hydrogens is 937 g/mol. The molecule has 0 unspecified atom stereocenters. The Labute approximate surface area is 402 Å². The number of aliphatic hydroxyl groups is 5. The van der Waals surface area contributed by atoms with E-state index in [9.17, 15) is 25.5 Å². The molecule has 26 nitrogen and oxygen atoms in total. The lowest BCUT2D eigenvalue weighted by Gasteiger charge is -2.30. The van der Waals surface area contributed by atoms with Crippen molar-refractivity contribution in [3.8, 4) is 0 Å². The number of hydrogen-bond donors (Lipinski definition) is 9. The zero-order valence-electron chi connectivity index (χ0n) is 37.0. The summed E-state index contributed by atoms with van der Waals surface area (Å²) in [5.74, 6) is 2.06. The van der Waals surface area contributed by atoms with Crippen LogP contribution < -0.4 is 21.3 Å². The first-order valence-corrected chi connectivity index (χ1v) is 24.0. The van der Waals surface area contributed by atoms with E-state index in [1.54, 1.807) is 22.0 Å². The summed E-state index contributed by atoms with van der Waals surface area (Å²) in [6.45, 7) is -0.483. The summed E-state index contributed by atoms with van der Waals surface area (Å²) >= 11 is 12.9. The largest absolute Gasteiger partial charge is 0.391 e. The van der Waals surface area contributed by atoms with Crippen molar-refractivity contribution in [3.05, 3.63) is 53.3 Å². The van der Waals surface area contributed by atoms with Gasteiger partial charge in [-0.1, -0.05) is 0 Å². The predicted molar refractivity (Wildman–Crippen MR) is 247 cm³/mol. The highest BCUT2D eigenvalue weighted by Gasteiger charge is 2.45. The second kappa shape index (κ2) is 19.0. The van der Waals surface area contributed by atoms with Gasteiger partial charge < -0.3 is 55.9 Å². The van der Waals surface area contributed by atoms with Crippen LogP contribution in [0.3, 0.4) is 0 Å². The minimum absolute atomic E-state index is 0.0247. The molecule has 4 saturated carbocycles. The van der Waals surface area contributed by atoms with Gasteiger partial charge in [-0.2, -0.15) is 54.9 Å². The lowest BCUT2D eigenvalue weighted by Crippen LogP contribution is -2.34. The fourth-order valence-electron chi connectivity index (χ4n) is 10.5. The van der Waals surface area contributed by atoms with Crippen molar-refractivity contribution in [2.24, 2.45) is 0 Å². The lowest BCUT2D eigenvalue weighted by atomic mass is 9.91. The number of hydrogen-bond acceptors (Lipinski definition) is 22. The number of nitrogens with zero attached hydrogens (tertiary/aromatic N) is 17. The van der Waals surface area contributed by atoms with E-state index in [0.29, 0.717) is 76.5 Å². The Morgan fingerprint density at radius 3 is 1.54 bits per heavy atom. The lowest BCUT2D eigenvalue weighted by molar-refractivity contribution is 0.00491. The fourth-order valence-corrected chi connectivity index (χ4v) is 10.8. The van der Waals surface area contributed by atoms with E-state index >= 15 is 0 Å². The van der Waals surface area contributed by atoms with Crippen molar-refractivity contribution in [1.82, 2.24) is 84.0 Å². The third-order valence-corrected chi connectivity index (χ3v) is 14.4. The van der Waals surface area contributed by atoms with Crippen molar-refractivity contribution in [2.45, 2.75) is 150 Å². The van der Waals surface area contributed by atoms with Crippen LogP contribution in [-0.2, 0) is 13.2 Å². The molecule has 4 fully saturated rings. The fraction of sp³-hybridized carbons (Fsp3) is 0.585. The Morgan fingerprint density at radius 2 is 1.01 bits per heavy atom. The van der Waals surface area contributed by atoms with Crippen molar-refractivity contribution in [1.29, 1.82) is 0 Å². The van der Waals surface area contributed by atoms with Crippen molar-refractivity contribution in [3.63, 3.8) is 0 Å². The van der Waals surface area contributed by atoms with Gasteiger partial charge >= 0.3 is 0 Å². The van der Waals surface area contributed by atoms with E-state index in [1.807, 2.05) is 4.57 Å². The minimum Gasteiger partial charge on any atom is -0.391 e. The van der Waals surface area contributed by atoms with Gasteiger partial charge in [0.1, 0.15) is 36.0 Å². The van der Waals surface area contributed by atoms with E-state index in [0.717, 1.165) is 51.4 Å². The first kappa shape index (κ1) is 45.4. The molecule has 0 radical (unpaired) electrons. The van der Waals surface area contributed by atoms with E-state index in [-0.39, 0.29) is 60.0 Å². The van der Waals surface area contributed by atoms with Gasteiger partial charge in [-0.15, -0.1) is 0 Å². The van der Waals surface area contributed by atoms with Crippen LogP contribution >= 0.6 is 23.2 Å².